The molecule has 1 heterocycles. The maximum absolute atomic E-state index is 13.4. The van der Waals surface area contributed by atoms with Gasteiger partial charge in [-0.1, -0.05) is 47.5 Å². The van der Waals surface area contributed by atoms with Gasteiger partial charge in [-0.2, -0.15) is 0 Å². The molecule has 0 aliphatic carbocycles. The molecule has 6 nitrogen and oxygen atoms in total. The molecule has 10 heteroatoms. The molecular weight excluding hydrogens is 550 g/mol. The van der Waals surface area contributed by atoms with Gasteiger partial charge in [-0.15, -0.1) is 6.58 Å². The van der Waals surface area contributed by atoms with E-state index >= 15 is 0 Å². The van der Waals surface area contributed by atoms with E-state index < -0.39 is 11.8 Å². The summed E-state index contributed by atoms with van der Waals surface area (Å²) in [4.78, 5) is 27.4. The molecule has 0 unspecified atom stereocenters. The van der Waals surface area contributed by atoms with Gasteiger partial charge in [-0.05, 0) is 72.2 Å². The summed E-state index contributed by atoms with van der Waals surface area (Å²) >= 11 is 17.7. The normalized spacial score (nSPS) is 14.5. The Kier molecular flexibility index (Phi) is 8.46. The predicted molar refractivity (Wildman–Crippen MR) is 150 cm³/mol. The van der Waals surface area contributed by atoms with Crippen molar-refractivity contribution in [2.75, 3.05) is 12.0 Å². The van der Waals surface area contributed by atoms with Gasteiger partial charge in [0, 0.05) is 5.56 Å². The largest absolute Gasteiger partial charge is 0.493 e. The Hall–Kier alpha value is -3.72. The Bertz CT molecular complexity index is 1470. The second kappa shape index (κ2) is 11.8. The third-order valence-corrected chi connectivity index (χ3v) is 6.71. The van der Waals surface area contributed by atoms with Gasteiger partial charge in [0.1, 0.15) is 18.0 Å². The Balaban J connectivity index is 1.71. The van der Waals surface area contributed by atoms with Crippen LogP contribution in [0.5, 0.6) is 11.5 Å². The predicted octanol–water partition coefficient (Wildman–Crippen LogP) is 6.28. The van der Waals surface area contributed by atoms with Crippen LogP contribution < -0.4 is 19.7 Å². The maximum atomic E-state index is 13.4. The summed E-state index contributed by atoms with van der Waals surface area (Å²) in [5, 5.41) is 2.77. The Morgan fingerprint density at radius 3 is 2.55 bits per heavy atom. The lowest BCUT2D eigenvalue weighted by Crippen LogP contribution is -2.54. The highest BCUT2D eigenvalue weighted by molar-refractivity contribution is 7.80. The van der Waals surface area contributed by atoms with Crippen LogP contribution in [0.1, 0.15) is 16.7 Å². The van der Waals surface area contributed by atoms with Crippen molar-refractivity contribution >= 4 is 64.1 Å². The van der Waals surface area contributed by atoms with Crippen molar-refractivity contribution < 1.29 is 23.5 Å². The van der Waals surface area contributed by atoms with Gasteiger partial charge < -0.3 is 9.47 Å². The second-order valence-electron chi connectivity index (χ2n) is 8.15. The Morgan fingerprint density at radius 1 is 1.13 bits per heavy atom. The number of halogens is 3. The molecule has 0 atom stereocenters. The number of benzene rings is 3. The fraction of sp³-hybridized carbons (Fsp3) is 0.107. The SMILES string of the molecule is C=CCc1cc(/C=C2\C(=O)NC(=S)N(c3cccc(Cl)c3Cl)C2=O)cc(OC)c1OCc1ccc(F)cc1. The molecule has 1 saturated heterocycles. The number of nitrogens with one attached hydrogen (secondary N) is 1. The lowest BCUT2D eigenvalue weighted by Gasteiger charge is -2.29. The number of rotatable bonds is 8. The molecule has 38 heavy (non-hydrogen) atoms. The van der Waals surface area contributed by atoms with Gasteiger partial charge in [0.15, 0.2) is 16.6 Å². The van der Waals surface area contributed by atoms with Crippen molar-refractivity contribution in [3.8, 4) is 11.5 Å². The minimum atomic E-state index is -0.663. The number of nitrogens with zero attached hydrogens (tertiary/aromatic N) is 1. The molecule has 1 aliphatic heterocycles. The first-order valence-corrected chi connectivity index (χ1v) is 12.4. The molecule has 3 aromatic rings. The minimum Gasteiger partial charge on any atom is -0.493 e. The van der Waals surface area contributed by atoms with Crippen LogP contribution in [0.2, 0.25) is 10.0 Å². The molecule has 0 aromatic heterocycles. The molecule has 4 rings (SSSR count). The lowest BCUT2D eigenvalue weighted by atomic mass is 10.0. The molecule has 1 fully saturated rings. The molecule has 3 aromatic carbocycles. The monoisotopic (exact) mass is 570 g/mol. The fourth-order valence-corrected chi connectivity index (χ4v) is 4.49. The number of amides is 2. The van der Waals surface area contributed by atoms with E-state index in [1.165, 1.54) is 25.3 Å². The van der Waals surface area contributed by atoms with Crippen LogP contribution in [0.4, 0.5) is 10.1 Å². The first-order chi connectivity index (χ1) is 18.2. The third-order valence-electron chi connectivity index (χ3n) is 5.62. The van der Waals surface area contributed by atoms with Crippen LogP contribution in [0.3, 0.4) is 0 Å². The zero-order chi connectivity index (χ0) is 27.4. The first kappa shape index (κ1) is 27.3. The van der Waals surface area contributed by atoms with Crippen molar-refractivity contribution in [1.29, 1.82) is 0 Å². The van der Waals surface area contributed by atoms with Crippen LogP contribution in [0, 0.1) is 5.82 Å². The van der Waals surface area contributed by atoms with Gasteiger partial charge >= 0.3 is 0 Å². The zero-order valence-corrected chi connectivity index (χ0v) is 22.4. The molecule has 0 spiro atoms. The highest BCUT2D eigenvalue weighted by atomic mass is 35.5. The number of allylic oxidation sites excluding steroid dienone is 1. The molecule has 194 valence electrons. The molecule has 0 saturated carbocycles. The van der Waals surface area contributed by atoms with Gasteiger partial charge in [0.25, 0.3) is 11.8 Å². The van der Waals surface area contributed by atoms with Crippen molar-refractivity contribution in [3.05, 3.63) is 105 Å². The third kappa shape index (κ3) is 5.72. The van der Waals surface area contributed by atoms with Gasteiger partial charge in [-0.25, -0.2) is 4.39 Å². The minimum absolute atomic E-state index is 0.115. The second-order valence-corrected chi connectivity index (χ2v) is 9.32. The number of thiocarbonyl (C=S) groups is 1. The van der Waals surface area contributed by atoms with E-state index in [9.17, 15) is 14.0 Å². The lowest BCUT2D eigenvalue weighted by molar-refractivity contribution is -0.122. The molecular formula is C28H21Cl2FN2O4S. The van der Waals surface area contributed by atoms with Crippen molar-refractivity contribution in [1.82, 2.24) is 5.32 Å². The van der Waals surface area contributed by atoms with E-state index in [0.717, 1.165) is 10.5 Å². The number of hydrogen-bond acceptors (Lipinski definition) is 5. The Labute approximate surface area is 234 Å². The molecule has 0 radical (unpaired) electrons. The number of carbonyl (C=O) groups is 2. The molecule has 0 bridgehead atoms. The molecule has 1 N–H and O–H groups in total. The van der Waals surface area contributed by atoms with Gasteiger partial charge in [0.05, 0.1) is 22.8 Å². The summed E-state index contributed by atoms with van der Waals surface area (Å²) in [6.45, 7) is 3.98. The summed E-state index contributed by atoms with van der Waals surface area (Å²) in [6.07, 6.45) is 3.54. The molecule has 1 aliphatic rings. The first-order valence-electron chi connectivity index (χ1n) is 11.3. The van der Waals surface area contributed by atoms with Crippen LogP contribution in [0.15, 0.2) is 72.8 Å². The summed E-state index contributed by atoms with van der Waals surface area (Å²) in [6, 6.07) is 14.1. The van der Waals surface area contributed by atoms with Crippen molar-refractivity contribution in [2.45, 2.75) is 13.0 Å². The smallest absolute Gasteiger partial charge is 0.270 e. The standard InChI is InChI=1S/C28H21Cl2FN2O4S/c1-3-5-18-12-17(14-23(36-2)25(18)37-15-16-8-10-19(31)11-9-16)13-20-26(34)32-28(38)33(27(20)35)22-7-4-6-21(29)24(22)30/h3-4,6-14H,1,5,15H2,2H3,(H,32,34,38)/b20-13+. The topological polar surface area (TPSA) is 67.9 Å². The highest BCUT2D eigenvalue weighted by Crippen LogP contribution is 2.37. The summed E-state index contributed by atoms with van der Waals surface area (Å²) in [5.74, 6) is -0.813. The number of ether oxygens (including phenoxy) is 2. The summed E-state index contributed by atoms with van der Waals surface area (Å²) < 4.78 is 24.8. The average Bonchev–Trinajstić information content (AvgIpc) is 2.89. The van der Waals surface area contributed by atoms with E-state index in [4.69, 9.17) is 44.9 Å². The summed E-state index contributed by atoms with van der Waals surface area (Å²) in [7, 11) is 1.48. The summed E-state index contributed by atoms with van der Waals surface area (Å²) in [5.41, 5.74) is 2.07. The maximum Gasteiger partial charge on any atom is 0.270 e. The quantitative estimate of drug-likeness (QED) is 0.149. The Morgan fingerprint density at radius 2 is 1.87 bits per heavy atom. The number of carbonyl (C=O) groups excluding carboxylic acids is 2. The van der Waals surface area contributed by atoms with E-state index in [0.29, 0.717) is 29.0 Å². The highest BCUT2D eigenvalue weighted by Gasteiger charge is 2.35. The zero-order valence-electron chi connectivity index (χ0n) is 20.1. The van der Waals surface area contributed by atoms with Crippen molar-refractivity contribution in [2.24, 2.45) is 0 Å². The van der Waals surface area contributed by atoms with Gasteiger partial charge in [0.2, 0.25) is 0 Å². The van der Waals surface area contributed by atoms with E-state index in [-0.39, 0.29) is 38.8 Å². The van der Waals surface area contributed by atoms with Crippen LogP contribution >= 0.6 is 35.4 Å². The van der Waals surface area contributed by atoms with Crippen LogP contribution in [-0.2, 0) is 22.6 Å². The van der Waals surface area contributed by atoms with E-state index in [1.807, 2.05) is 0 Å². The number of methoxy groups -OCH3 is 1. The van der Waals surface area contributed by atoms with Gasteiger partial charge in [-0.3, -0.25) is 19.8 Å². The van der Waals surface area contributed by atoms with E-state index in [2.05, 4.69) is 11.9 Å². The van der Waals surface area contributed by atoms with Crippen LogP contribution in [0.25, 0.3) is 6.08 Å². The van der Waals surface area contributed by atoms with E-state index in [1.54, 1.807) is 48.5 Å². The fourth-order valence-electron chi connectivity index (χ4n) is 3.83. The van der Waals surface area contributed by atoms with Crippen molar-refractivity contribution in [3.63, 3.8) is 0 Å². The van der Waals surface area contributed by atoms with Crippen LogP contribution in [-0.4, -0.2) is 24.0 Å². The number of anilines is 1. The number of hydrogen-bond donors (Lipinski definition) is 1. The average molecular weight is 571 g/mol. The molecule has 2 amide bonds.